The van der Waals surface area contributed by atoms with Crippen LogP contribution in [-0.2, 0) is 19.6 Å². The van der Waals surface area contributed by atoms with Gasteiger partial charge in [-0.3, -0.25) is 10.1 Å². The molecule has 1 unspecified atom stereocenters. The minimum atomic E-state index is -3.75. The van der Waals surface area contributed by atoms with Gasteiger partial charge in [-0.1, -0.05) is 6.92 Å². The topological polar surface area (TPSA) is 197 Å². The summed E-state index contributed by atoms with van der Waals surface area (Å²) < 4.78 is 32.1. The molecule has 1 atom stereocenters. The zero-order valence-corrected chi connectivity index (χ0v) is 20.9. The average Bonchev–Trinajstić information content (AvgIpc) is 3.38. The lowest BCUT2D eigenvalue weighted by Gasteiger charge is -2.27. The first-order valence-electron chi connectivity index (χ1n) is 11.7. The van der Waals surface area contributed by atoms with Crippen LogP contribution in [0.25, 0.3) is 0 Å². The van der Waals surface area contributed by atoms with E-state index in [1.165, 1.54) is 29.3 Å². The summed E-state index contributed by atoms with van der Waals surface area (Å²) in [7, 11) is -3.75. The number of nitro groups is 1. The van der Waals surface area contributed by atoms with E-state index in [2.05, 4.69) is 12.2 Å². The largest absolute Gasteiger partial charge is 0.484 e. The van der Waals surface area contributed by atoms with Crippen molar-refractivity contribution in [3.05, 3.63) is 28.3 Å². The first-order chi connectivity index (χ1) is 16.9. The molecule has 2 fully saturated rings. The summed E-state index contributed by atoms with van der Waals surface area (Å²) in [6.45, 7) is 3.32. The normalized spacial score (nSPS) is 21.2. The number of carbonyl (C=O) groups is 2. The first-order valence-corrected chi connectivity index (χ1v) is 13.1. The lowest BCUT2D eigenvalue weighted by molar-refractivity contribution is -0.386. The van der Waals surface area contributed by atoms with Crippen molar-refractivity contribution < 1.29 is 43.0 Å². The molecule has 0 bridgehead atoms. The summed E-state index contributed by atoms with van der Waals surface area (Å²) in [5.41, 5.74) is -0.420. The second-order valence-electron chi connectivity index (χ2n) is 8.94. The number of nitrogens with one attached hydrogen (secondary N) is 1. The van der Waals surface area contributed by atoms with Crippen molar-refractivity contribution in [3.63, 3.8) is 0 Å². The molecule has 4 N–H and O–H groups in total. The molecule has 1 aromatic rings. The van der Waals surface area contributed by atoms with Crippen molar-refractivity contribution in [1.82, 2.24) is 9.62 Å². The van der Waals surface area contributed by atoms with Crippen molar-refractivity contribution in [3.8, 4) is 5.75 Å². The smallest absolute Gasteiger partial charge is 0.414 e. The molecular weight excluding hydrogens is 498 g/mol. The summed E-state index contributed by atoms with van der Waals surface area (Å²) in [6, 6.07) is 4.03. The van der Waals surface area contributed by atoms with Gasteiger partial charge in [0.05, 0.1) is 9.82 Å². The number of hydrogen-bond donors (Lipinski definition) is 4. The highest BCUT2D eigenvalue weighted by Crippen LogP contribution is 2.32. The van der Waals surface area contributed by atoms with Crippen LogP contribution < -0.4 is 10.1 Å². The Labute approximate surface area is 209 Å². The van der Waals surface area contributed by atoms with Gasteiger partial charge in [-0.25, -0.2) is 18.0 Å². The van der Waals surface area contributed by atoms with Crippen molar-refractivity contribution in [2.24, 2.45) is 5.92 Å². The number of ether oxygens (including phenoxy) is 1. The van der Waals surface area contributed by atoms with E-state index in [1.807, 2.05) is 0 Å². The highest BCUT2D eigenvalue weighted by molar-refractivity contribution is 7.89. The van der Waals surface area contributed by atoms with E-state index in [0.717, 1.165) is 37.7 Å². The Morgan fingerprint density at radius 1 is 1.17 bits per heavy atom. The Bertz CT molecular complexity index is 1010. The molecule has 1 heterocycles. The molecule has 0 aromatic heterocycles. The summed E-state index contributed by atoms with van der Waals surface area (Å²) in [4.78, 5) is 28.9. The van der Waals surface area contributed by atoms with Crippen LogP contribution in [0.1, 0.15) is 45.4 Å². The van der Waals surface area contributed by atoms with Gasteiger partial charge in [-0.15, -0.1) is 0 Å². The number of nitrogens with zero attached hydrogens (tertiary/aromatic N) is 2. The molecule has 2 aliphatic rings. The van der Waals surface area contributed by atoms with Gasteiger partial charge in [-0.05, 0) is 56.6 Å². The molecule has 14 heteroatoms. The molecular formula is C22H33N3O10S. The van der Waals surface area contributed by atoms with Crippen molar-refractivity contribution in [2.75, 3.05) is 26.2 Å². The fourth-order valence-electron chi connectivity index (χ4n) is 4.01. The van der Waals surface area contributed by atoms with E-state index in [-0.39, 0.29) is 17.3 Å². The Balaban J connectivity index is 0.000000678. The maximum atomic E-state index is 12.7. The van der Waals surface area contributed by atoms with Crippen molar-refractivity contribution in [1.29, 1.82) is 0 Å². The summed E-state index contributed by atoms with van der Waals surface area (Å²) >= 11 is 0. The number of hydrogen-bond acceptors (Lipinski definition) is 9. The van der Waals surface area contributed by atoms with Crippen LogP contribution in [-0.4, -0.2) is 83.3 Å². The number of aliphatic carboxylic acids is 2. The Morgan fingerprint density at radius 3 is 2.28 bits per heavy atom. The molecule has 0 spiro atoms. The highest BCUT2D eigenvalue weighted by Gasteiger charge is 2.30. The molecule has 3 rings (SSSR count). The van der Waals surface area contributed by atoms with Crippen LogP contribution in [0.2, 0.25) is 0 Å². The number of nitro benzene ring substituents is 1. The second-order valence-corrected chi connectivity index (χ2v) is 10.9. The summed E-state index contributed by atoms with van der Waals surface area (Å²) in [5.74, 6) is -2.95. The minimum Gasteiger partial charge on any atom is -0.484 e. The van der Waals surface area contributed by atoms with Crippen LogP contribution in [0, 0.1) is 16.0 Å². The third kappa shape index (κ3) is 8.69. The van der Waals surface area contributed by atoms with E-state index < -0.39 is 38.7 Å². The third-order valence-electron chi connectivity index (χ3n) is 6.10. The van der Waals surface area contributed by atoms with Crippen molar-refractivity contribution in [2.45, 2.75) is 62.5 Å². The van der Waals surface area contributed by atoms with E-state index in [9.17, 15) is 23.6 Å². The zero-order chi connectivity index (χ0) is 26.9. The number of carboxylic acids is 2. The minimum absolute atomic E-state index is 0.0501. The Hall–Kier alpha value is -2.81. The molecule has 1 saturated heterocycles. The van der Waals surface area contributed by atoms with Gasteiger partial charge in [0.1, 0.15) is 12.7 Å². The molecule has 36 heavy (non-hydrogen) atoms. The number of carboxylic acid groups (broad SMARTS) is 2. The summed E-state index contributed by atoms with van der Waals surface area (Å²) in [5, 5.41) is 39.8. The number of benzene rings is 1. The second kappa shape index (κ2) is 13.5. The first kappa shape index (κ1) is 29.4. The van der Waals surface area contributed by atoms with Crippen LogP contribution in [0.4, 0.5) is 5.69 Å². The predicted octanol–water partition coefficient (Wildman–Crippen LogP) is 1.44. The maximum absolute atomic E-state index is 12.7. The molecule has 13 nitrogen and oxygen atoms in total. The Kier molecular flexibility index (Phi) is 11.0. The lowest BCUT2D eigenvalue weighted by Crippen LogP contribution is -2.39. The molecule has 1 aliphatic heterocycles. The van der Waals surface area contributed by atoms with Gasteiger partial charge in [0.25, 0.3) is 0 Å². The van der Waals surface area contributed by atoms with Gasteiger partial charge < -0.3 is 25.4 Å². The molecule has 1 saturated carbocycles. The van der Waals surface area contributed by atoms with Gasteiger partial charge in [0.2, 0.25) is 10.0 Å². The molecule has 0 radical (unpaired) electrons. The van der Waals surface area contributed by atoms with Crippen LogP contribution >= 0.6 is 0 Å². The molecule has 1 aromatic carbocycles. The van der Waals surface area contributed by atoms with Crippen molar-refractivity contribution >= 4 is 27.6 Å². The number of aliphatic hydroxyl groups excluding tert-OH is 1. The fraction of sp³-hybridized carbons (Fsp3) is 0.636. The standard InChI is InChI=1S/C20H31N3O6S.C2H2O4/c1-15-4-6-16(7-5-15)21-13-17(24)14-29-20-9-8-18(12-19(20)23(25)26)30(27,28)22-10-2-3-11-22;3-1(4)2(5)6/h8-9,12,15-17,21,24H,2-7,10-11,13-14H2,1H3;(H,3,4)(H,5,6). The zero-order valence-electron chi connectivity index (χ0n) is 20.0. The SMILES string of the molecule is CC1CCC(NCC(O)COc2ccc(S(=O)(=O)N3CCCC3)cc2[N+](=O)[O-])CC1.O=C(O)C(=O)O. The van der Waals surface area contributed by atoms with E-state index in [4.69, 9.17) is 24.5 Å². The van der Waals surface area contributed by atoms with E-state index in [0.29, 0.717) is 25.7 Å². The number of aliphatic hydroxyl groups is 1. The average molecular weight is 532 g/mol. The van der Waals surface area contributed by atoms with E-state index >= 15 is 0 Å². The van der Waals surface area contributed by atoms with Crippen LogP contribution in [0.15, 0.2) is 23.1 Å². The third-order valence-corrected chi connectivity index (χ3v) is 8.00. The van der Waals surface area contributed by atoms with Gasteiger partial charge in [-0.2, -0.15) is 4.31 Å². The molecule has 1 aliphatic carbocycles. The lowest BCUT2D eigenvalue weighted by atomic mass is 9.87. The van der Waals surface area contributed by atoms with E-state index in [1.54, 1.807) is 0 Å². The predicted molar refractivity (Wildman–Crippen MR) is 127 cm³/mol. The Morgan fingerprint density at radius 2 is 1.75 bits per heavy atom. The maximum Gasteiger partial charge on any atom is 0.414 e. The molecule has 0 amide bonds. The quantitative estimate of drug-likeness (QED) is 0.204. The number of rotatable bonds is 9. The van der Waals surface area contributed by atoms with Gasteiger partial charge in [0.15, 0.2) is 5.75 Å². The highest BCUT2D eigenvalue weighted by atomic mass is 32.2. The number of sulfonamides is 1. The summed E-state index contributed by atoms with van der Waals surface area (Å²) in [6.07, 6.45) is 5.24. The van der Waals surface area contributed by atoms with Gasteiger partial charge >= 0.3 is 17.6 Å². The van der Waals surface area contributed by atoms with Crippen LogP contribution in [0.5, 0.6) is 5.75 Å². The molecule has 202 valence electrons. The monoisotopic (exact) mass is 531 g/mol. The fourth-order valence-corrected chi connectivity index (χ4v) is 5.55. The van der Waals surface area contributed by atoms with Gasteiger partial charge in [0, 0.05) is 31.7 Å². The van der Waals surface area contributed by atoms with Crippen LogP contribution in [0.3, 0.4) is 0 Å².